The van der Waals surface area contributed by atoms with Gasteiger partial charge < -0.3 is 0 Å². The lowest BCUT2D eigenvalue weighted by molar-refractivity contribution is 0.999. The standard InChI is InChI=1S/C10H16.Mg.2H/c1-5-10(4)8-6-7-9(2)3;;;/h5,7H,1,4,6,8H2,2-3H3;;;. The van der Waals surface area contributed by atoms with Crippen molar-refractivity contribution >= 4 is 23.1 Å². The molecule has 60 valence electrons. The summed E-state index contributed by atoms with van der Waals surface area (Å²) in [6, 6.07) is 0. The molecule has 0 saturated heterocycles. The molecule has 11 heavy (non-hydrogen) atoms. The van der Waals surface area contributed by atoms with Crippen LogP contribution in [0.4, 0.5) is 0 Å². The van der Waals surface area contributed by atoms with Crippen molar-refractivity contribution in [3.63, 3.8) is 0 Å². The molecule has 0 aromatic heterocycles. The van der Waals surface area contributed by atoms with E-state index in [1.807, 2.05) is 6.08 Å². The molecule has 0 aliphatic rings. The van der Waals surface area contributed by atoms with Gasteiger partial charge in [-0.25, -0.2) is 0 Å². The molecular formula is C10H18Mg. The molecule has 0 rings (SSSR count). The molecule has 0 spiro atoms. The molecule has 0 unspecified atom stereocenters. The Labute approximate surface area is 86.2 Å². The van der Waals surface area contributed by atoms with Gasteiger partial charge in [0.1, 0.15) is 0 Å². The van der Waals surface area contributed by atoms with Crippen LogP contribution in [0, 0.1) is 0 Å². The summed E-state index contributed by atoms with van der Waals surface area (Å²) in [6.45, 7) is 11.7. The van der Waals surface area contributed by atoms with E-state index >= 15 is 0 Å². The second-order valence-corrected chi connectivity index (χ2v) is 2.68. The summed E-state index contributed by atoms with van der Waals surface area (Å²) >= 11 is 0. The van der Waals surface area contributed by atoms with E-state index in [4.69, 9.17) is 0 Å². The molecule has 0 aromatic carbocycles. The van der Waals surface area contributed by atoms with Crippen LogP contribution in [0.25, 0.3) is 0 Å². The Morgan fingerprint density at radius 1 is 1.36 bits per heavy atom. The van der Waals surface area contributed by atoms with E-state index in [2.05, 4.69) is 33.1 Å². The highest BCUT2D eigenvalue weighted by atomic mass is 24.3. The van der Waals surface area contributed by atoms with Gasteiger partial charge in [-0.1, -0.05) is 36.5 Å². The minimum atomic E-state index is 0. The van der Waals surface area contributed by atoms with Crippen LogP contribution in [0.3, 0.4) is 0 Å². The third-order valence-corrected chi connectivity index (χ3v) is 1.31. The molecule has 0 nitrogen and oxygen atoms in total. The molecule has 0 radical (unpaired) electrons. The van der Waals surface area contributed by atoms with Gasteiger partial charge in [-0.15, -0.1) is 0 Å². The van der Waals surface area contributed by atoms with Gasteiger partial charge in [-0.05, 0) is 26.7 Å². The van der Waals surface area contributed by atoms with Gasteiger partial charge in [-0.3, -0.25) is 0 Å². The van der Waals surface area contributed by atoms with Gasteiger partial charge in [0.25, 0.3) is 0 Å². The van der Waals surface area contributed by atoms with Crippen LogP contribution < -0.4 is 0 Å². The summed E-state index contributed by atoms with van der Waals surface area (Å²) < 4.78 is 0. The fraction of sp³-hybridized carbons (Fsp3) is 0.400. The van der Waals surface area contributed by atoms with Gasteiger partial charge in [0.15, 0.2) is 0 Å². The first-order valence-electron chi connectivity index (χ1n) is 3.60. The maximum atomic E-state index is 3.82. The van der Waals surface area contributed by atoms with Crippen molar-refractivity contribution in [3.05, 3.63) is 36.5 Å². The molecule has 0 atom stereocenters. The molecule has 0 heterocycles. The van der Waals surface area contributed by atoms with Crippen molar-refractivity contribution in [2.24, 2.45) is 0 Å². The summed E-state index contributed by atoms with van der Waals surface area (Å²) in [7, 11) is 0. The van der Waals surface area contributed by atoms with E-state index in [-0.39, 0.29) is 23.1 Å². The minimum Gasteiger partial charge on any atom is -0.0988 e. The second-order valence-electron chi connectivity index (χ2n) is 2.68. The lowest BCUT2D eigenvalue weighted by Crippen LogP contribution is -1.74. The first kappa shape index (κ1) is 13.6. The van der Waals surface area contributed by atoms with Crippen LogP contribution >= 0.6 is 0 Å². The molecule has 0 aromatic rings. The largest absolute Gasteiger partial charge is 0.316 e. The molecule has 0 fully saturated rings. The topological polar surface area (TPSA) is 0 Å². The number of hydrogen-bond donors (Lipinski definition) is 0. The maximum absolute atomic E-state index is 3.82. The van der Waals surface area contributed by atoms with Crippen molar-refractivity contribution in [3.8, 4) is 0 Å². The Bertz CT molecular complexity index is 150. The van der Waals surface area contributed by atoms with Crippen LogP contribution in [0.5, 0.6) is 0 Å². The predicted molar refractivity (Wildman–Crippen MR) is 56.5 cm³/mol. The van der Waals surface area contributed by atoms with Crippen LogP contribution in [-0.4, -0.2) is 23.1 Å². The van der Waals surface area contributed by atoms with Gasteiger partial charge in [0.05, 0.1) is 0 Å². The second kappa shape index (κ2) is 8.09. The average molecular weight is 163 g/mol. The monoisotopic (exact) mass is 162 g/mol. The van der Waals surface area contributed by atoms with Crippen molar-refractivity contribution in [2.75, 3.05) is 0 Å². The fourth-order valence-electron chi connectivity index (χ4n) is 0.648. The van der Waals surface area contributed by atoms with E-state index in [0.717, 1.165) is 18.4 Å². The lowest BCUT2D eigenvalue weighted by Gasteiger charge is -1.94. The highest BCUT2D eigenvalue weighted by molar-refractivity contribution is 5.75. The Morgan fingerprint density at radius 2 is 1.91 bits per heavy atom. The zero-order chi connectivity index (χ0) is 7.98. The van der Waals surface area contributed by atoms with E-state index in [0.29, 0.717) is 0 Å². The number of hydrogen-bond acceptors (Lipinski definition) is 0. The number of allylic oxidation sites excluding steroid dienone is 4. The van der Waals surface area contributed by atoms with E-state index < -0.39 is 0 Å². The van der Waals surface area contributed by atoms with E-state index in [1.165, 1.54) is 5.57 Å². The Kier molecular flexibility index (Phi) is 9.97. The number of rotatable bonds is 4. The highest BCUT2D eigenvalue weighted by Crippen LogP contribution is 2.04. The highest BCUT2D eigenvalue weighted by Gasteiger charge is 1.84. The molecule has 0 N–H and O–H groups in total. The molecule has 0 bridgehead atoms. The minimum absolute atomic E-state index is 0. The zero-order valence-corrected chi connectivity index (χ0v) is 6.98. The molecule has 0 amide bonds. The first-order valence-corrected chi connectivity index (χ1v) is 3.60. The summed E-state index contributed by atoms with van der Waals surface area (Å²) in [5.74, 6) is 0. The van der Waals surface area contributed by atoms with Crippen molar-refractivity contribution in [1.82, 2.24) is 0 Å². The summed E-state index contributed by atoms with van der Waals surface area (Å²) in [6.07, 6.45) is 6.16. The van der Waals surface area contributed by atoms with E-state index in [1.54, 1.807) is 0 Å². The van der Waals surface area contributed by atoms with Gasteiger partial charge in [0.2, 0.25) is 0 Å². The van der Waals surface area contributed by atoms with Crippen molar-refractivity contribution in [1.29, 1.82) is 0 Å². The predicted octanol–water partition coefficient (Wildman–Crippen LogP) is 2.56. The van der Waals surface area contributed by atoms with Crippen molar-refractivity contribution in [2.45, 2.75) is 26.7 Å². The van der Waals surface area contributed by atoms with Crippen LogP contribution in [0.15, 0.2) is 36.5 Å². The zero-order valence-electron chi connectivity index (χ0n) is 6.98. The molecule has 0 aliphatic carbocycles. The van der Waals surface area contributed by atoms with Gasteiger partial charge in [0, 0.05) is 0 Å². The Morgan fingerprint density at radius 3 is 2.27 bits per heavy atom. The summed E-state index contributed by atoms with van der Waals surface area (Å²) in [5.41, 5.74) is 2.49. The van der Waals surface area contributed by atoms with Crippen LogP contribution in [0.1, 0.15) is 26.7 Å². The SMILES string of the molecule is C=CC(=C)CCC=C(C)C.[MgH2]. The summed E-state index contributed by atoms with van der Waals surface area (Å²) in [4.78, 5) is 0. The third kappa shape index (κ3) is 9.99. The third-order valence-electron chi connectivity index (χ3n) is 1.31. The molecular weight excluding hydrogens is 144 g/mol. The van der Waals surface area contributed by atoms with Gasteiger partial charge >= 0.3 is 23.1 Å². The van der Waals surface area contributed by atoms with Crippen molar-refractivity contribution < 1.29 is 0 Å². The molecule has 0 saturated carbocycles. The Balaban J connectivity index is 0. The molecule has 0 aliphatic heterocycles. The average Bonchev–Trinajstić information content (AvgIpc) is 1.87. The van der Waals surface area contributed by atoms with Crippen LogP contribution in [-0.2, 0) is 0 Å². The van der Waals surface area contributed by atoms with Gasteiger partial charge in [-0.2, -0.15) is 0 Å². The smallest absolute Gasteiger partial charge is 0.0988 e. The fourth-order valence-corrected chi connectivity index (χ4v) is 0.648. The Hall–Kier alpha value is -0.0138. The van der Waals surface area contributed by atoms with E-state index in [9.17, 15) is 0 Å². The molecule has 1 heteroatoms. The first-order chi connectivity index (χ1) is 4.66. The normalized spacial score (nSPS) is 7.82. The lowest BCUT2D eigenvalue weighted by atomic mass is 10.1. The quantitative estimate of drug-likeness (QED) is 0.339. The maximum Gasteiger partial charge on any atom is 0.316 e. The summed E-state index contributed by atoms with van der Waals surface area (Å²) in [5, 5.41) is 0. The van der Waals surface area contributed by atoms with Crippen LogP contribution in [0.2, 0.25) is 0 Å².